The summed E-state index contributed by atoms with van der Waals surface area (Å²) in [6, 6.07) is 18.5. The second kappa shape index (κ2) is 7.88. The maximum absolute atomic E-state index is 13.8. The van der Waals surface area contributed by atoms with E-state index in [0.29, 0.717) is 13.1 Å². The first-order valence-corrected chi connectivity index (χ1v) is 11.1. The largest absolute Gasteiger partial charge is 0.338 e. The number of piperazine rings is 1. The Labute approximate surface area is 178 Å². The van der Waals surface area contributed by atoms with E-state index in [0.717, 1.165) is 38.0 Å². The molecule has 0 N–H and O–H groups in total. The normalized spacial score (nSPS) is 26.4. The van der Waals surface area contributed by atoms with Gasteiger partial charge >= 0.3 is 0 Å². The number of likely N-dealkylation sites (N-methyl/N-ethyl adjacent to an activating group) is 1. The number of fused-ring (bicyclic) bond motifs is 2. The van der Waals surface area contributed by atoms with Crippen molar-refractivity contribution in [3.05, 3.63) is 71.3 Å². The summed E-state index contributed by atoms with van der Waals surface area (Å²) < 4.78 is 0. The molecule has 0 bridgehead atoms. The van der Waals surface area contributed by atoms with Gasteiger partial charge in [-0.15, -0.1) is 0 Å². The summed E-state index contributed by atoms with van der Waals surface area (Å²) in [7, 11) is 0. The third-order valence-corrected chi connectivity index (χ3v) is 7.06. The van der Waals surface area contributed by atoms with Crippen LogP contribution < -0.4 is 0 Å². The molecular weight excluding hydrogens is 374 g/mol. The van der Waals surface area contributed by atoms with Gasteiger partial charge < -0.3 is 9.80 Å². The molecule has 3 atom stereocenters. The maximum Gasteiger partial charge on any atom is 0.237 e. The van der Waals surface area contributed by atoms with Gasteiger partial charge in [0, 0.05) is 25.7 Å². The van der Waals surface area contributed by atoms with Crippen molar-refractivity contribution in [1.29, 1.82) is 0 Å². The van der Waals surface area contributed by atoms with Crippen LogP contribution in [0.25, 0.3) is 0 Å². The highest BCUT2D eigenvalue weighted by Gasteiger charge is 2.50. The van der Waals surface area contributed by atoms with E-state index < -0.39 is 0 Å². The molecule has 5 heteroatoms. The molecule has 5 nitrogen and oxygen atoms in total. The first-order chi connectivity index (χ1) is 14.7. The summed E-state index contributed by atoms with van der Waals surface area (Å²) in [6.45, 7) is 5.71. The zero-order valence-electron chi connectivity index (χ0n) is 17.5. The Morgan fingerprint density at radius 2 is 1.73 bits per heavy atom. The van der Waals surface area contributed by atoms with Crippen LogP contribution >= 0.6 is 0 Å². The number of amides is 2. The van der Waals surface area contributed by atoms with Gasteiger partial charge in [-0.2, -0.15) is 0 Å². The Kier molecular flexibility index (Phi) is 5.07. The topological polar surface area (TPSA) is 43.9 Å². The van der Waals surface area contributed by atoms with Crippen molar-refractivity contribution in [3.8, 4) is 0 Å². The quantitative estimate of drug-likeness (QED) is 0.792. The zero-order valence-corrected chi connectivity index (χ0v) is 17.5. The highest BCUT2D eigenvalue weighted by atomic mass is 16.2. The highest BCUT2D eigenvalue weighted by Crippen LogP contribution is 2.44. The van der Waals surface area contributed by atoms with E-state index in [1.807, 2.05) is 34.1 Å². The maximum atomic E-state index is 13.8. The third kappa shape index (κ3) is 3.31. The molecule has 2 amide bonds. The Morgan fingerprint density at radius 3 is 2.50 bits per heavy atom. The molecule has 3 heterocycles. The summed E-state index contributed by atoms with van der Waals surface area (Å²) in [6.07, 6.45) is 1.65. The molecule has 2 aromatic carbocycles. The van der Waals surface area contributed by atoms with E-state index >= 15 is 0 Å². The van der Waals surface area contributed by atoms with E-state index in [-0.39, 0.29) is 29.8 Å². The molecule has 0 unspecified atom stereocenters. The van der Waals surface area contributed by atoms with Crippen LogP contribution in [0, 0.1) is 5.92 Å². The molecule has 0 spiro atoms. The number of carbonyl (C=O) groups excluding carboxylic acids is 2. The number of nitrogens with zero attached hydrogens (tertiary/aromatic N) is 3. The standard InChI is InChI=1S/C25H29N3O2/c1-2-26-16-21-14-22(24(28(21)23(29)17-26)19-9-4-3-5-10-19)25(30)27-13-12-18-8-6-7-11-20(18)15-27/h3-11,21-22,24H,2,12-17H2,1H3/t21-,22-,24-/m1/s1. The minimum atomic E-state index is -0.177. The molecular formula is C25H29N3O2. The van der Waals surface area contributed by atoms with Crippen molar-refractivity contribution < 1.29 is 9.59 Å². The summed E-state index contributed by atoms with van der Waals surface area (Å²) in [5.41, 5.74) is 3.67. The summed E-state index contributed by atoms with van der Waals surface area (Å²) in [5.74, 6) is 0.174. The van der Waals surface area contributed by atoms with Crippen LogP contribution in [-0.4, -0.2) is 58.7 Å². The molecule has 0 aliphatic carbocycles. The van der Waals surface area contributed by atoms with Crippen LogP contribution in [0.3, 0.4) is 0 Å². The molecule has 5 rings (SSSR count). The molecule has 0 saturated carbocycles. The highest BCUT2D eigenvalue weighted by molar-refractivity contribution is 5.85. The second-order valence-corrected chi connectivity index (χ2v) is 8.76. The van der Waals surface area contributed by atoms with Gasteiger partial charge in [0.1, 0.15) is 0 Å². The van der Waals surface area contributed by atoms with E-state index in [4.69, 9.17) is 0 Å². The molecule has 2 fully saturated rings. The van der Waals surface area contributed by atoms with Crippen molar-refractivity contribution in [1.82, 2.24) is 14.7 Å². The van der Waals surface area contributed by atoms with Crippen LogP contribution in [0.4, 0.5) is 0 Å². The average Bonchev–Trinajstić information content (AvgIpc) is 3.18. The van der Waals surface area contributed by atoms with Gasteiger partial charge in [0.05, 0.1) is 18.5 Å². The molecule has 3 aliphatic heterocycles. The lowest BCUT2D eigenvalue weighted by Gasteiger charge is -2.40. The van der Waals surface area contributed by atoms with E-state index in [2.05, 4.69) is 42.2 Å². The van der Waals surface area contributed by atoms with Gasteiger partial charge in [-0.05, 0) is 36.1 Å². The minimum Gasteiger partial charge on any atom is -0.338 e. The summed E-state index contributed by atoms with van der Waals surface area (Å²) >= 11 is 0. The van der Waals surface area contributed by atoms with Crippen molar-refractivity contribution in [3.63, 3.8) is 0 Å². The predicted octanol–water partition coefficient (Wildman–Crippen LogP) is 2.87. The molecule has 0 radical (unpaired) electrons. The number of benzene rings is 2. The van der Waals surface area contributed by atoms with Crippen LogP contribution in [-0.2, 0) is 22.6 Å². The van der Waals surface area contributed by atoms with Crippen LogP contribution in [0.1, 0.15) is 36.1 Å². The van der Waals surface area contributed by atoms with E-state index in [1.165, 1.54) is 11.1 Å². The van der Waals surface area contributed by atoms with Gasteiger partial charge in [-0.1, -0.05) is 61.5 Å². The molecule has 2 saturated heterocycles. The Hall–Kier alpha value is -2.66. The zero-order chi connectivity index (χ0) is 20.7. The lowest BCUT2D eigenvalue weighted by Crippen LogP contribution is -2.54. The van der Waals surface area contributed by atoms with Crippen molar-refractivity contribution in [2.75, 3.05) is 26.2 Å². The number of carbonyl (C=O) groups is 2. The van der Waals surface area contributed by atoms with Gasteiger partial charge in [-0.25, -0.2) is 0 Å². The molecule has 3 aliphatic rings. The lowest BCUT2D eigenvalue weighted by molar-refractivity contribution is -0.142. The summed E-state index contributed by atoms with van der Waals surface area (Å²) in [4.78, 5) is 33.1. The van der Waals surface area contributed by atoms with Gasteiger partial charge in [-0.3, -0.25) is 14.5 Å². The first kappa shape index (κ1) is 19.3. The third-order valence-electron chi connectivity index (χ3n) is 7.06. The van der Waals surface area contributed by atoms with E-state index in [9.17, 15) is 9.59 Å². The van der Waals surface area contributed by atoms with Gasteiger partial charge in [0.15, 0.2) is 0 Å². The van der Waals surface area contributed by atoms with E-state index in [1.54, 1.807) is 0 Å². The number of hydrogen-bond acceptors (Lipinski definition) is 3. The number of rotatable bonds is 3. The molecule has 156 valence electrons. The first-order valence-electron chi connectivity index (χ1n) is 11.1. The fourth-order valence-electron chi connectivity index (χ4n) is 5.55. The Morgan fingerprint density at radius 1 is 1.00 bits per heavy atom. The molecule has 30 heavy (non-hydrogen) atoms. The van der Waals surface area contributed by atoms with Gasteiger partial charge in [0.25, 0.3) is 0 Å². The summed E-state index contributed by atoms with van der Waals surface area (Å²) in [5, 5.41) is 0. The Bertz CT molecular complexity index is 944. The van der Waals surface area contributed by atoms with Crippen LogP contribution in [0.5, 0.6) is 0 Å². The van der Waals surface area contributed by atoms with Crippen molar-refractivity contribution >= 4 is 11.8 Å². The van der Waals surface area contributed by atoms with Gasteiger partial charge in [0.2, 0.25) is 11.8 Å². The lowest BCUT2D eigenvalue weighted by atomic mass is 9.90. The molecule has 0 aromatic heterocycles. The smallest absolute Gasteiger partial charge is 0.237 e. The fourth-order valence-corrected chi connectivity index (χ4v) is 5.55. The van der Waals surface area contributed by atoms with Crippen molar-refractivity contribution in [2.45, 2.75) is 38.4 Å². The average molecular weight is 404 g/mol. The monoisotopic (exact) mass is 403 g/mol. The predicted molar refractivity (Wildman–Crippen MR) is 116 cm³/mol. The van der Waals surface area contributed by atoms with Crippen molar-refractivity contribution in [2.24, 2.45) is 5.92 Å². The molecule has 2 aromatic rings. The number of hydrogen-bond donors (Lipinski definition) is 0. The SMILES string of the molecule is CCN1CC(=O)N2[C@H](C[C@@H](C(=O)N3CCc4ccccc4C3)[C@H]2c2ccccc2)C1. The fraction of sp³-hybridized carbons (Fsp3) is 0.440. The Balaban J connectivity index is 1.45. The van der Waals surface area contributed by atoms with Crippen LogP contribution in [0.2, 0.25) is 0 Å². The second-order valence-electron chi connectivity index (χ2n) is 8.76. The minimum absolute atomic E-state index is 0.113. The van der Waals surface area contributed by atoms with Crippen LogP contribution in [0.15, 0.2) is 54.6 Å².